The largest absolute Gasteiger partial charge is 0.354 e. The molecule has 1 saturated heterocycles. The van der Waals surface area contributed by atoms with Crippen LogP contribution in [0.3, 0.4) is 0 Å². The van der Waals surface area contributed by atoms with Gasteiger partial charge in [-0.05, 0) is 36.2 Å². The van der Waals surface area contributed by atoms with Gasteiger partial charge >= 0.3 is 0 Å². The number of nitrogens with two attached hydrogens (primary N) is 1. The van der Waals surface area contributed by atoms with Crippen LogP contribution in [0.2, 0.25) is 0 Å². The first-order valence-corrected chi connectivity index (χ1v) is 10.9. The molecule has 3 aromatic rings. The number of nitrogens with zero attached hydrogens (tertiary/aromatic N) is 6. The summed E-state index contributed by atoms with van der Waals surface area (Å²) in [6.07, 6.45) is 7.72. The van der Waals surface area contributed by atoms with Gasteiger partial charge in [-0.3, -0.25) is 4.98 Å². The molecule has 0 radical (unpaired) electrons. The highest BCUT2D eigenvalue weighted by Crippen LogP contribution is 2.43. The van der Waals surface area contributed by atoms with Gasteiger partial charge in [0.25, 0.3) is 0 Å². The van der Waals surface area contributed by atoms with Crippen molar-refractivity contribution in [2.45, 2.75) is 42.3 Å². The zero-order valence-corrected chi connectivity index (χ0v) is 17.5. The topological polar surface area (TPSA) is 93.7 Å². The van der Waals surface area contributed by atoms with Crippen molar-refractivity contribution in [3.63, 3.8) is 0 Å². The fourth-order valence-corrected chi connectivity index (χ4v) is 4.99. The Balaban J connectivity index is 1.54. The van der Waals surface area contributed by atoms with E-state index in [9.17, 15) is 0 Å². The molecule has 1 aliphatic carbocycles. The maximum absolute atomic E-state index is 6.72. The van der Waals surface area contributed by atoms with E-state index in [0.29, 0.717) is 10.8 Å². The minimum absolute atomic E-state index is 0.162. The molecular weight excluding hydrogens is 406 g/mol. The minimum Gasteiger partial charge on any atom is -0.354 e. The fraction of sp³-hybridized carbons (Fsp3) is 0.350. The van der Waals surface area contributed by atoms with Crippen molar-refractivity contribution in [1.29, 1.82) is 0 Å². The lowest BCUT2D eigenvalue weighted by Crippen LogP contribution is -2.28. The van der Waals surface area contributed by atoms with Gasteiger partial charge in [-0.2, -0.15) is 0 Å². The molecule has 0 aromatic carbocycles. The van der Waals surface area contributed by atoms with Gasteiger partial charge < -0.3 is 10.6 Å². The number of hydrogen-bond donors (Lipinski definition) is 1. The molecule has 7 nitrogen and oxygen atoms in total. The Morgan fingerprint density at radius 2 is 2.10 bits per heavy atom. The van der Waals surface area contributed by atoms with Crippen LogP contribution in [-0.4, -0.2) is 44.1 Å². The summed E-state index contributed by atoms with van der Waals surface area (Å²) in [5, 5.41) is 1.49. The fourth-order valence-electron chi connectivity index (χ4n) is 3.82. The molecule has 148 valence electrons. The molecule has 29 heavy (non-hydrogen) atoms. The maximum Gasteiger partial charge on any atom is 0.194 e. The van der Waals surface area contributed by atoms with Gasteiger partial charge in [0, 0.05) is 49.0 Å². The molecule has 2 aliphatic rings. The van der Waals surface area contributed by atoms with Crippen LogP contribution in [0.4, 0.5) is 5.82 Å². The second kappa shape index (κ2) is 7.51. The monoisotopic (exact) mass is 425 g/mol. The lowest BCUT2D eigenvalue weighted by molar-refractivity contribution is 0.750. The van der Waals surface area contributed by atoms with Crippen molar-refractivity contribution < 1.29 is 0 Å². The molecule has 2 N–H and O–H groups in total. The van der Waals surface area contributed by atoms with Gasteiger partial charge in [-0.1, -0.05) is 18.5 Å². The third-order valence-electron chi connectivity index (χ3n) is 5.31. The second-order valence-corrected chi connectivity index (χ2v) is 8.68. The Bertz CT molecular complexity index is 1130. The highest BCUT2D eigenvalue weighted by atomic mass is 35.5. The molecule has 5 rings (SSSR count). The number of hydrogen-bond acceptors (Lipinski definition) is 8. The summed E-state index contributed by atoms with van der Waals surface area (Å²) in [4.78, 5) is 25.8. The summed E-state index contributed by atoms with van der Waals surface area (Å²) in [5.74, 6) is 0.896. The van der Waals surface area contributed by atoms with Crippen molar-refractivity contribution in [3.05, 3.63) is 41.5 Å². The second-order valence-electron chi connectivity index (χ2n) is 7.27. The normalized spacial score (nSPS) is 18.7. The van der Waals surface area contributed by atoms with E-state index in [0.717, 1.165) is 64.9 Å². The summed E-state index contributed by atoms with van der Waals surface area (Å²) < 4.78 is 0. The van der Waals surface area contributed by atoms with Crippen LogP contribution in [0, 0.1) is 0 Å². The number of pyridine rings is 1. The first-order valence-electron chi connectivity index (χ1n) is 9.66. The van der Waals surface area contributed by atoms with E-state index in [1.54, 1.807) is 18.6 Å². The number of rotatable bonds is 4. The van der Waals surface area contributed by atoms with Gasteiger partial charge in [0.1, 0.15) is 11.3 Å². The standard InChI is InChI=1S/C20H20ClN7S/c1-2-11-7-14-16(17(11)21)19(28-6-3-12(22)10-28)27-20(26-14)29-13-8-15-18(25-9-13)24-5-4-23-15/h4-5,8-9,12H,2-3,6-7,10,22H2,1H3/t12-/m1/s1. The van der Waals surface area contributed by atoms with E-state index >= 15 is 0 Å². The van der Waals surface area contributed by atoms with E-state index in [4.69, 9.17) is 27.3 Å². The molecule has 3 aromatic heterocycles. The zero-order valence-electron chi connectivity index (χ0n) is 16.0. The molecule has 0 saturated carbocycles. The Hall–Kier alpha value is -2.29. The zero-order chi connectivity index (χ0) is 20.0. The Labute approximate surface area is 177 Å². The number of halogens is 1. The van der Waals surface area contributed by atoms with E-state index < -0.39 is 0 Å². The first kappa shape index (κ1) is 18.7. The lowest BCUT2D eigenvalue weighted by Gasteiger charge is -2.21. The van der Waals surface area contributed by atoms with E-state index in [1.165, 1.54) is 17.3 Å². The predicted molar refractivity (Wildman–Crippen MR) is 115 cm³/mol. The molecule has 0 spiro atoms. The van der Waals surface area contributed by atoms with Crippen LogP contribution in [0.5, 0.6) is 0 Å². The lowest BCUT2D eigenvalue weighted by atomic mass is 10.2. The average molecular weight is 426 g/mol. The minimum atomic E-state index is 0.162. The summed E-state index contributed by atoms with van der Waals surface area (Å²) in [7, 11) is 0. The number of aromatic nitrogens is 5. The van der Waals surface area contributed by atoms with Crippen molar-refractivity contribution >= 4 is 45.4 Å². The quantitative estimate of drug-likeness (QED) is 0.635. The van der Waals surface area contributed by atoms with E-state index in [1.807, 2.05) is 6.07 Å². The van der Waals surface area contributed by atoms with Gasteiger partial charge in [0.05, 0.1) is 16.3 Å². The maximum atomic E-state index is 6.72. The average Bonchev–Trinajstić information content (AvgIpc) is 3.30. The van der Waals surface area contributed by atoms with Gasteiger partial charge in [0.15, 0.2) is 10.8 Å². The van der Waals surface area contributed by atoms with Gasteiger partial charge in [-0.25, -0.2) is 19.9 Å². The molecule has 9 heteroatoms. The van der Waals surface area contributed by atoms with E-state index in [-0.39, 0.29) is 6.04 Å². The summed E-state index contributed by atoms with van der Waals surface area (Å²) in [6, 6.07) is 2.12. The van der Waals surface area contributed by atoms with Crippen molar-refractivity contribution in [2.24, 2.45) is 5.73 Å². The molecule has 1 fully saturated rings. The van der Waals surface area contributed by atoms with Crippen LogP contribution >= 0.6 is 23.4 Å². The van der Waals surface area contributed by atoms with Crippen molar-refractivity contribution in [2.75, 3.05) is 18.0 Å². The molecule has 1 aliphatic heterocycles. The van der Waals surface area contributed by atoms with Crippen LogP contribution < -0.4 is 10.6 Å². The number of allylic oxidation sites excluding steroid dienone is 1. The van der Waals surface area contributed by atoms with Crippen LogP contribution in [-0.2, 0) is 6.42 Å². The Morgan fingerprint density at radius 3 is 2.90 bits per heavy atom. The Kier molecular flexibility index (Phi) is 4.85. The number of anilines is 1. The molecule has 1 atom stereocenters. The third-order valence-corrected chi connectivity index (χ3v) is 6.59. The molecule has 0 amide bonds. The smallest absolute Gasteiger partial charge is 0.194 e. The predicted octanol–water partition coefficient (Wildman–Crippen LogP) is 3.42. The molecular formula is C20H20ClN7S. The molecule has 0 unspecified atom stereocenters. The van der Waals surface area contributed by atoms with Gasteiger partial charge in [-0.15, -0.1) is 0 Å². The van der Waals surface area contributed by atoms with Gasteiger partial charge in [0.2, 0.25) is 0 Å². The third kappa shape index (κ3) is 3.45. The highest BCUT2D eigenvalue weighted by molar-refractivity contribution is 7.99. The summed E-state index contributed by atoms with van der Waals surface area (Å²) in [6.45, 7) is 3.79. The van der Waals surface area contributed by atoms with E-state index in [2.05, 4.69) is 26.8 Å². The number of fused-ring (bicyclic) bond motifs is 2. The van der Waals surface area contributed by atoms with Crippen LogP contribution in [0.25, 0.3) is 16.2 Å². The van der Waals surface area contributed by atoms with Crippen LogP contribution in [0.1, 0.15) is 31.0 Å². The summed E-state index contributed by atoms with van der Waals surface area (Å²) in [5.41, 5.74) is 10.7. The molecule has 4 heterocycles. The van der Waals surface area contributed by atoms with Crippen LogP contribution in [0.15, 0.2) is 40.3 Å². The van der Waals surface area contributed by atoms with Crippen molar-refractivity contribution in [3.8, 4) is 0 Å². The first-order chi connectivity index (χ1) is 14.1. The Morgan fingerprint density at radius 1 is 1.24 bits per heavy atom. The highest BCUT2D eigenvalue weighted by Gasteiger charge is 2.31. The summed E-state index contributed by atoms with van der Waals surface area (Å²) >= 11 is 8.20. The van der Waals surface area contributed by atoms with Crippen molar-refractivity contribution in [1.82, 2.24) is 24.9 Å². The molecule has 0 bridgehead atoms. The SMILES string of the molecule is CCC1=C(Cl)c2c(nc(Sc3cnc4nccnc4c3)nc2N2CC[C@@H](N)C2)C1.